The minimum Gasteiger partial charge on any atom is -0.494 e. The zero-order chi connectivity index (χ0) is 24.3. The van der Waals surface area contributed by atoms with Crippen LogP contribution in [-0.4, -0.2) is 23.5 Å². The molecule has 3 rings (SSSR count). The van der Waals surface area contributed by atoms with Crippen molar-refractivity contribution in [1.82, 2.24) is 5.32 Å². The molecular formula is C26H26FN3O3S. The lowest BCUT2D eigenvalue weighted by molar-refractivity contribution is 0.0976. The van der Waals surface area contributed by atoms with E-state index >= 15 is 0 Å². The third kappa shape index (κ3) is 7.67. The second-order valence-electron chi connectivity index (χ2n) is 7.53. The first-order valence-corrected chi connectivity index (χ1v) is 11.4. The molecule has 3 aromatic rings. The lowest BCUT2D eigenvalue weighted by Gasteiger charge is -2.11. The van der Waals surface area contributed by atoms with Crippen LogP contribution < -0.4 is 20.7 Å². The number of anilines is 2. The topological polar surface area (TPSA) is 79.5 Å². The van der Waals surface area contributed by atoms with E-state index in [-0.39, 0.29) is 22.7 Å². The first-order valence-electron chi connectivity index (χ1n) is 11.0. The fourth-order valence-corrected chi connectivity index (χ4v) is 3.27. The van der Waals surface area contributed by atoms with Crippen LogP contribution in [0.1, 0.15) is 46.9 Å². The summed E-state index contributed by atoms with van der Waals surface area (Å²) >= 11 is 5.24. The molecule has 0 heterocycles. The standard InChI is InChI=1S/C26H26FN3O3S/c1-2-3-4-16-33-23-14-8-18(9-15-23)24(31)30-26(34)29-22-7-5-6-19(17-22)25(32)28-21-12-10-20(27)11-13-21/h5-15,17H,2-4,16H2,1H3,(H,28,32)(H2,29,30,31,34). The summed E-state index contributed by atoms with van der Waals surface area (Å²) in [5.74, 6) is -0.391. The van der Waals surface area contributed by atoms with Crippen LogP contribution in [0.2, 0.25) is 0 Å². The Labute approximate surface area is 203 Å². The van der Waals surface area contributed by atoms with Crippen molar-refractivity contribution in [2.24, 2.45) is 0 Å². The Morgan fingerprint density at radius 3 is 2.29 bits per heavy atom. The van der Waals surface area contributed by atoms with Gasteiger partial charge in [0, 0.05) is 22.5 Å². The van der Waals surface area contributed by atoms with E-state index < -0.39 is 0 Å². The SMILES string of the molecule is CCCCCOc1ccc(C(=O)NC(=S)Nc2cccc(C(=O)Nc3ccc(F)cc3)c2)cc1. The molecule has 0 aromatic heterocycles. The summed E-state index contributed by atoms with van der Waals surface area (Å²) in [6.07, 6.45) is 3.24. The molecule has 8 heteroatoms. The maximum absolute atomic E-state index is 13.0. The summed E-state index contributed by atoms with van der Waals surface area (Å²) in [6, 6.07) is 19.0. The van der Waals surface area contributed by atoms with Gasteiger partial charge in [-0.1, -0.05) is 25.8 Å². The van der Waals surface area contributed by atoms with Gasteiger partial charge < -0.3 is 15.4 Å². The van der Waals surface area contributed by atoms with Gasteiger partial charge in [-0.05, 0) is 85.4 Å². The number of hydrogen-bond donors (Lipinski definition) is 3. The number of hydrogen-bond acceptors (Lipinski definition) is 4. The molecule has 3 N–H and O–H groups in total. The molecule has 176 valence electrons. The second kappa shape index (κ2) is 12.5. The van der Waals surface area contributed by atoms with Gasteiger partial charge in [0.15, 0.2) is 5.11 Å². The summed E-state index contributed by atoms with van der Waals surface area (Å²) in [5, 5.41) is 8.32. The fourth-order valence-electron chi connectivity index (χ4n) is 3.06. The Kier molecular flexibility index (Phi) is 9.11. The minimum absolute atomic E-state index is 0.0981. The van der Waals surface area contributed by atoms with Crippen LogP contribution in [0, 0.1) is 5.82 Å². The van der Waals surface area contributed by atoms with E-state index in [2.05, 4.69) is 22.9 Å². The molecule has 0 saturated carbocycles. The normalized spacial score (nSPS) is 10.3. The molecule has 0 radical (unpaired) electrons. The predicted molar refractivity (Wildman–Crippen MR) is 136 cm³/mol. The van der Waals surface area contributed by atoms with Gasteiger partial charge in [-0.2, -0.15) is 0 Å². The zero-order valence-corrected chi connectivity index (χ0v) is 19.6. The van der Waals surface area contributed by atoms with Crippen LogP contribution in [0.25, 0.3) is 0 Å². The van der Waals surface area contributed by atoms with Gasteiger partial charge in [-0.15, -0.1) is 0 Å². The summed E-state index contributed by atoms with van der Waals surface area (Å²) < 4.78 is 18.7. The van der Waals surface area contributed by atoms with Gasteiger partial charge in [-0.25, -0.2) is 4.39 Å². The Hall–Kier alpha value is -3.78. The van der Waals surface area contributed by atoms with Crippen molar-refractivity contribution in [2.75, 3.05) is 17.2 Å². The second-order valence-corrected chi connectivity index (χ2v) is 7.94. The maximum Gasteiger partial charge on any atom is 0.257 e. The lowest BCUT2D eigenvalue weighted by atomic mass is 10.2. The van der Waals surface area contributed by atoms with Crippen molar-refractivity contribution in [3.05, 3.63) is 89.7 Å². The number of rotatable bonds is 9. The van der Waals surface area contributed by atoms with Crippen LogP contribution in [0.5, 0.6) is 5.75 Å². The maximum atomic E-state index is 13.0. The number of thiocarbonyl (C=S) groups is 1. The van der Waals surface area contributed by atoms with E-state index in [9.17, 15) is 14.0 Å². The number of ether oxygens (including phenoxy) is 1. The number of halogens is 1. The molecule has 0 unspecified atom stereocenters. The molecule has 0 aliphatic heterocycles. The molecule has 0 saturated heterocycles. The van der Waals surface area contributed by atoms with Gasteiger partial charge in [-0.3, -0.25) is 14.9 Å². The van der Waals surface area contributed by atoms with E-state index in [0.29, 0.717) is 34.9 Å². The van der Waals surface area contributed by atoms with Gasteiger partial charge >= 0.3 is 0 Å². The Bertz CT molecular complexity index is 1130. The summed E-state index contributed by atoms with van der Waals surface area (Å²) in [5.41, 5.74) is 1.83. The fraction of sp³-hybridized carbons (Fsp3) is 0.192. The third-order valence-electron chi connectivity index (χ3n) is 4.84. The van der Waals surface area contributed by atoms with E-state index in [4.69, 9.17) is 17.0 Å². The highest BCUT2D eigenvalue weighted by Gasteiger charge is 2.11. The average Bonchev–Trinajstić information content (AvgIpc) is 2.83. The first-order chi connectivity index (χ1) is 16.4. The molecule has 2 amide bonds. The van der Waals surface area contributed by atoms with Gasteiger partial charge in [0.25, 0.3) is 11.8 Å². The molecular weight excluding hydrogens is 453 g/mol. The molecule has 34 heavy (non-hydrogen) atoms. The molecule has 3 aromatic carbocycles. The monoisotopic (exact) mass is 479 g/mol. The number of amides is 2. The first kappa shape index (κ1) is 24.9. The van der Waals surface area contributed by atoms with E-state index in [1.807, 2.05) is 0 Å². The quantitative estimate of drug-likeness (QED) is 0.268. The number of nitrogens with one attached hydrogen (secondary N) is 3. The van der Waals surface area contributed by atoms with Crippen LogP contribution in [0.4, 0.5) is 15.8 Å². The van der Waals surface area contributed by atoms with Crippen molar-refractivity contribution in [2.45, 2.75) is 26.2 Å². The van der Waals surface area contributed by atoms with E-state index in [0.717, 1.165) is 19.3 Å². The molecule has 0 spiro atoms. The number of carbonyl (C=O) groups excluding carboxylic acids is 2. The van der Waals surface area contributed by atoms with Crippen molar-refractivity contribution in [3.8, 4) is 5.75 Å². The smallest absolute Gasteiger partial charge is 0.257 e. The van der Waals surface area contributed by atoms with Gasteiger partial charge in [0.2, 0.25) is 0 Å². The highest BCUT2D eigenvalue weighted by Crippen LogP contribution is 2.15. The van der Waals surface area contributed by atoms with Crippen LogP contribution in [0.3, 0.4) is 0 Å². The Morgan fingerprint density at radius 2 is 1.59 bits per heavy atom. The number of unbranched alkanes of at least 4 members (excludes halogenated alkanes) is 2. The Balaban J connectivity index is 1.52. The summed E-state index contributed by atoms with van der Waals surface area (Å²) in [4.78, 5) is 25.0. The number of benzene rings is 3. The largest absolute Gasteiger partial charge is 0.494 e. The molecule has 0 fully saturated rings. The van der Waals surface area contributed by atoms with Crippen LogP contribution in [0.15, 0.2) is 72.8 Å². The lowest BCUT2D eigenvalue weighted by Crippen LogP contribution is -2.34. The van der Waals surface area contributed by atoms with E-state index in [1.54, 1.807) is 48.5 Å². The molecule has 0 aliphatic carbocycles. The van der Waals surface area contributed by atoms with Crippen molar-refractivity contribution in [3.63, 3.8) is 0 Å². The van der Waals surface area contributed by atoms with Crippen molar-refractivity contribution < 1.29 is 18.7 Å². The highest BCUT2D eigenvalue weighted by atomic mass is 32.1. The summed E-state index contributed by atoms with van der Waals surface area (Å²) in [6.45, 7) is 2.78. The summed E-state index contributed by atoms with van der Waals surface area (Å²) in [7, 11) is 0. The van der Waals surface area contributed by atoms with Crippen molar-refractivity contribution in [1.29, 1.82) is 0 Å². The van der Waals surface area contributed by atoms with Crippen LogP contribution >= 0.6 is 12.2 Å². The number of carbonyl (C=O) groups is 2. The van der Waals surface area contributed by atoms with E-state index in [1.165, 1.54) is 24.3 Å². The van der Waals surface area contributed by atoms with Gasteiger partial charge in [0.1, 0.15) is 11.6 Å². The molecule has 0 aliphatic rings. The molecule has 6 nitrogen and oxygen atoms in total. The third-order valence-corrected chi connectivity index (χ3v) is 5.05. The highest BCUT2D eigenvalue weighted by molar-refractivity contribution is 7.80. The van der Waals surface area contributed by atoms with Gasteiger partial charge in [0.05, 0.1) is 6.61 Å². The Morgan fingerprint density at radius 1 is 0.853 bits per heavy atom. The average molecular weight is 480 g/mol. The molecule has 0 bridgehead atoms. The molecule has 0 atom stereocenters. The minimum atomic E-state index is -0.383. The van der Waals surface area contributed by atoms with Crippen molar-refractivity contribution >= 4 is 40.5 Å². The predicted octanol–water partition coefficient (Wildman–Crippen LogP) is 5.77. The zero-order valence-electron chi connectivity index (χ0n) is 18.8. The van der Waals surface area contributed by atoms with Crippen LogP contribution in [-0.2, 0) is 0 Å².